The molecule has 0 aliphatic carbocycles. The zero-order valence-corrected chi connectivity index (χ0v) is 9.82. The monoisotopic (exact) mass is 216 g/mol. The summed E-state index contributed by atoms with van der Waals surface area (Å²) in [6.45, 7) is 5.83. The predicted molar refractivity (Wildman–Crippen MR) is 61.3 cm³/mol. The van der Waals surface area contributed by atoms with Crippen LogP contribution in [0.25, 0.3) is 0 Å². The molecular weight excluding hydrogens is 196 g/mol. The molecule has 2 unspecified atom stereocenters. The smallest absolute Gasteiger partial charge is 0.221 e. The summed E-state index contributed by atoms with van der Waals surface area (Å²) in [4.78, 5) is 10.8. The van der Waals surface area contributed by atoms with Crippen LogP contribution >= 0.6 is 11.8 Å². The first-order valence-corrected chi connectivity index (χ1v) is 6.16. The average Bonchev–Trinajstić information content (AvgIpc) is 2.52. The molecule has 3 N–H and O–H groups in total. The van der Waals surface area contributed by atoms with Crippen LogP contribution in [-0.4, -0.2) is 29.5 Å². The molecule has 2 atom stereocenters. The van der Waals surface area contributed by atoms with Gasteiger partial charge in [-0.1, -0.05) is 6.92 Å². The molecular formula is C10H20N2OS. The lowest BCUT2D eigenvalue weighted by Gasteiger charge is -2.23. The molecule has 1 aliphatic rings. The molecule has 0 spiro atoms. The van der Waals surface area contributed by atoms with E-state index in [0.717, 1.165) is 6.54 Å². The summed E-state index contributed by atoms with van der Waals surface area (Å²) in [6, 6.07) is 0. The fourth-order valence-corrected chi connectivity index (χ4v) is 2.90. The minimum atomic E-state index is -0.221. The van der Waals surface area contributed by atoms with Gasteiger partial charge in [-0.3, -0.25) is 4.79 Å². The molecule has 4 heteroatoms. The molecule has 1 heterocycles. The first kappa shape index (κ1) is 11.9. The minimum Gasteiger partial charge on any atom is -0.369 e. The number of hydrogen-bond acceptors (Lipinski definition) is 3. The number of hydrogen-bond donors (Lipinski definition) is 2. The predicted octanol–water partition coefficient (Wildman–Crippen LogP) is 0.983. The maximum absolute atomic E-state index is 10.8. The molecule has 1 fully saturated rings. The van der Waals surface area contributed by atoms with E-state index in [1.54, 1.807) is 0 Å². The van der Waals surface area contributed by atoms with Crippen molar-refractivity contribution in [3.05, 3.63) is 0 Å². The summed E-state index contributed by atoms with van der Waals surface area (Å²) in [7, 11) is 0. The molecule has 0 saturated carbocycles. The van der Waals surface area contributed by atoms with Crippen molar-refractivity contribution in [3.8, 4) is 0 Å². The van der Waals surface area contributed by atoms with Crippen LogP contribution in [0.5, 0.6) is 0 Å². The summed E-state index contributed by atoms with van der Waals surface area (Å²) in [5.74, 6) is 0.982. The van der Waals surface area contributed by atoms with E-state index in [0.29, 0.717) is 11.3 Å². The standard InChI is InChI=1S/C10H20N2OS/c1-8(9(11)13)6-12-7-10(2)4-3-5-14-10/h8,12H,3-7H2,1-2H3,(H2,11,13). The van der Waals surface area contributed by atoms with E-state index in [1.807, 2.05) is 18.7 Å². The fourth-order valence-electron chi connectivity index (χ4n) is 1.63. The molecule has 3 nitrogen and oxygen atoms in total. The van der Waals surface area contributed by atoms with E-state index in [1.165, 1.54) is 18.6 Å². The van der Waals surface area contributed by atoms with Gasteiger partial charge in [-0.25, -0.2) is 0 Å². The Morgan fingerprint density at radius 2 is 2.43 bits per heavy atom. The van der Waals surface area contributed by atoms with E-state index in [4.69, 9.17) is 5.73 Å². The third-order valence-electron chi connectivity index (χ3n) is 2.74. The Labute approximate surface area is 90.2 Å². The van der Waals surface area contributed by atoms with Gasteiger partial charge in [-0.2, -0.15) is 11.8 Å². The zero-order valence-electron chi connectivity index (χ0n) is 9.01. The van der Waals surface area contributed by atoms with Crippen molar-refractivity contribution in [1.29, 1.82) is 0 Å². The first-order valence-electron chi connectivity index (χ1n) is 5.17. The Balaban J connectivity index is 2.17. The van der Waals surface area contributed by atoms with E-state index in [-0.39, 0.29) is 11.8 Å². The number of nitrogens with one attached hydrogen (secondary N) is 1. The molecule has 0 aromatic heterocycles. The Hall–Kier alpha value is -0.220. The van der Waals surface area contributed by atoms with Gasteiger partial charge in [0, 0.05) is 23.8 Å². The molecule has 82 valence electrons. The van der Waals surface area contributed by atoms with Gasteiger partial charge in [-0.05, 0) is 25.5 Å². The second-order valence-corrected chi connectivity index (χ2v) is 6.02. The summed E-state index contributed by atoms with van der Waals surface area (Å²) in [5, 5.41) is 3.33. The van der Waals surface area contributed by atoms with Crippen molar-refractivity contribution in [2.75, 3.05) is 18.8 Å². The van der Waals surface area contributed by atoms with Crippen LogP contribution in [0, 0.1) is 5.92 Å². The number of carbonyl (C=O) groups excluding carboxylic acids is 1. The number of nitrogens with two attached hydrogens (primary N) is 1. The Kier molecular flexibility index (Phi) is 4.26. The van der Waals surface area contributed by atoms with Crippen molar-refractivity contribution >= 4 is 17.7 Å². The normalized spacial score (nSPS) is 29.0. The number of primary amides is 1. The van der Waals surface area contributed by atoms with Gasteiger partial charge in [0.05, 0.1) is 0 Å². The summed E-state index contributed by atoms with van der Waals surface area (Å²) in [5.41, 5.74) is 5.18. The lowest BCUT2D eigenvalue weighted by atomic mass is 10.1. The van der Waals surface area contributed by atoms with Gasteiger partial charge in [-0.15, -0.1) is 0 Å². The molecule has 0 bridgehead atoms. The van der Waals surface area contributed by atoms with Gasteiger partial charge in [0.25, 0.3) is 0 Å². The van der Waals surface area contributed by atoms with E-state index in [9.17, 15) is 4.79 Å². The Morgan fingerprint density at radius 1 is 1.71 bits per heavy atom. The number of thioether (sulfide) groups is 1. The van der Waals surface area contributed by atoms with E-state index >= 15 is 0 Å². The third-order valence-corrected chi connectivity index (χ3v) is 4.27. The van der Waals surface area contributed by atoms with Crippen molar-refractivity contribution in [2.24, 2.45) is 11.7 Å². The number of amides is 1. The highest BCUT2D eigenvalue weighted by Crippen LogP contribution is 2.36. The van der Waals surface area contributed by atoms with E-state index < -0.39 is 0 Å². The molecule has 1 saturated heterocycles. The number of carbonyl (C=O) groups is 1. The van der Waals surface area contributed by atoms with E-state index in [2.05, 4.69) is 12.2 Å². The third kappa shape index (κ3) is 3.50. The maximum Gasteiger partial charge on any atom is 0.221 e. The molecule has 14 heavy (non-hydrogen) atoms. The topological polar surface area (TPSA) is 55.1 Å². The van der Waals surface area contributed by atoms with Gasteiger partial charge in [0.15, 0.2) is 0 Å². The van der Waals surface area contributed by atoms with Crippen LogP contribution < -0.4 is 11.1 Å². The minimum absolute atomic E-state index is 0.0648. The second kappa shape index (κ2) is 5.03. The molecule has 0 radical (unpaired) electrons. The second-order valence-electron chi connectivity index (χ2n) is 4.34. The SMILES string of the molecule is CC(CNCC1(C)CCCS1)C(N)=O. The first-order chi connectivity index (χ1) is 6.53. The number of rotatable bonds is 5. The van der Waals surface area contributed by atoms with Crippen molar-refractivity contribution in [1.82, 2.24) is 5.32 Å². The fraction of sp³-hybridized carbons (Fsp3) is 0.900. The van der Waals surface area contributed by atoms with Crippen LogP contribution in [0.2, 0.25) is 0 Å². The average molecular weight is 216 g/mol. The van der Waals surface area contributed by atoms with Gasteiger partial charge >= 0.3 is 0 Å². The highest BCUT2D eigenvalue weighted by atomic mass is 32.2. The molecule has 0 aromatic rings. The van der Waals surface area contributed by atoms with Crippen LogP contribution in [-0.2, 0) is 4.79 Å². The quantitative estimate of drug-likeness (QED) is 0.720. The van der Waals surface area contributed by atoms with Crippen molar-refractivity contribution in [2.45, 2.75) is 31.4 Å². The van der Waals surface area contributed by atoms with Crippen LogP contribution in [0.4, 0.5) is 0 Å². The van der Waals surface area contributed by atoms with Crippen molar-refractivity contribution < 1.29 is 4.79 Å². The lowest BCUT2D eigenvalue weighted by molar-refractivity contribution is -0.121. The van der Waals surface area contributed by atoms with Crippen molar-refractivity contribution in [3.63, 3.8) is 0 Å². The Bertz CT molecular complexity index is 202. The van der Waals surface area contributed by atoms with Gasteiger partial charge in [0.2, 0.25) is 5.91 Å². The lowest BCUT2D eigenvalue weighted by Crippen LogP contribution is -2.38. The molecule has 1 rings (SSSR count). The highest BCUT2D eigenvalue weighted by molar-refractivity contribution is 8.00. The Morgan fingerprint density at radius 3 is 2.93 bits per heavy atom. The summed E-state index contributed by atoms with van der Waals surface area (Å²) < 4.78 is 0.372. The summed E-state index contributed by atoms with van der Waals surface area (Å²) in [6.07, 6.45) is 2.59. The molecule has 1 amide bonds. The van der Waals surface area contributed by atoms with Crippen LogP contribution in [0.15, 0.2) is 0 Å². The molecule has 1 aliphatic heterocycles. The van der Waals surface area contributed by atoms with Gasteiger partial charge in [0.1, 0.15) is 0 Å². The summed E-state index contributed by atoms with van der Waals surface area (Å²) >= 11 is 2.03. The molecule has 0 aromatic carbocycles. The van der Waals surface area contributed by atoms with Gasteiger partial charge < -0.3 is 11.1 Å². The maximum atomic E-state index is 10.8. The van der Waals surface area contributed by atoms with Crippen LogP contribution in [0.1, 0.15) is 26.7 Å². The van der Waals surface area contributed by atoms with Crippen LogP contribution in [0.3, 0.4) is 0 Å². The zero-order chi connectivity index (χ0) is 10.6. The largest absolute Gasteiger partial charge is 0.369 e. The highest BCUT2D eigenvalue weighted by Gasteiger charge is 2.28.